The van der Waals surface area contributed by atoms with Crippen molar-refractivity contribution in [1.82, 2.24) is 0 Å². The Morgan fingerprint density at radius 3 is 1.80 bits per heavy atom. The van der Waals surface area contributed by atoms with Gasteiger partial charge in [-0.15, -0.1) is 0 Å². The molecule has 0 fully saturated rings. The van der Waals surface area contributed by atoms with Crippen LogP contribution in [0.4, 0.5) is 17.1 Å². The number of anilines is 3. The molecule has 2 nitrogen and oxygen atoms in total. The number of para-hydroxylation sites is 2. The van der Waals surface area contributed by atoms with Gasteiger partial charge in [0.05, 0.1) is 5.75 Å². The van der Waals surface area contributed by atoms with Crippen molar-refractivity contribution in [2.75, 3.05) is 4.90 Å². The van der Waals surface area contributed by atoms with E-state index >= 15 is 0 Å². The summed E-state index contributed by atoms with van der Waals surface area (Å²) in [6.07, 6.45) is 0. The van der Waals surface area contributed by atoms with E-state index in [0.717, 1.165) is 17.1 Å². The van der Waals surface area contributed by atoms with Gasteiger partial charge in [-0.2, -0.15) is 0 Å². The first-order chi connectivity index (χ1) is 16.6. The molecule has 5 rings (SSSR count). The molecule has 0 spiro atoms. The van der Waals surface area contributed by atoms with E-state index in [1.54, 1.807) is 0 Å². The van der Waals surface area contributed by atoms with Crippen molar-refractivity contribution in [2.24, 2.45) is 0 Å². The molecule has 1 aliphatic heterocycles. The number of hydrogen-bond donors (Lipinski definition) is 0. The van der Waals surface area contributed by atoms with Gasteiger partial charge in [0.2, 0.25) is 0 Å². The summed E-state index contributed by atoms with van der Waals surface area (Å²) in [5.41, 5.74) is 8.66. The summed E-state index contributed by atoms with van der Waals surface area (Å²) in [5.74, 6) is 0.877. The van der Waals surface area contributed by atoms with Gasteiger partial charge in [-0.1, -0.05) is 102 Å². The first-order valence-corrected chi connectivity index (χ1v) is 12.5. The van der Waals surface area contributed by atoms with E-state index in [-0.39, 0.29) is 17.7 Å². The predicted molar refractivity (Wildman–Crippen MR) is 151 cm³/mol. The summed E-state index contributed by atoms with van der Waals surface area (Å²) in [6, 6.07) is 34.7. The predicted octanol–water partition coefficient (Wildman–Crippen LogP) is 7.25. The Hall–Kier alpha value is -3.46. The van der Waals surface area contributed by atoms with Crippen molar-refractivity contribution in [1.29, 1.82) is 0 Å². The summed E-state index contributed by atoms with van der Waals surface area (Å²) in [4.78, 5) is 2.38. The molecule has 0 N–H and O–H groups in total. The molecule has 0 bridgehead atoms. The van der Waals surface area contributed by atoms with Crippen LogP contribution in [0.2, 0.25) is 0 Å². The second-order valence-corrected chi connectivity index (χ2v) is 11.5. The van der Waals surface area contributed by atoms with Crippen LogP contribution in [-0.2, 0) is 10.8 Å². The van der Waals surface area contributed by atoms with Gasteiger partial charge in [0.25, 0.3) is 0 Å². The van der Waals surface area contributed by atoms with Gasteiger partial charge in [-0.25, -0.2) is 0 Å². The highest BCUT2D eigenvalue weighted by atomic mass is 16.4. The maximum Gasteiger partial charge on any atom is 0.430 e. The molecular weight excluding hydrogens is 425 g/mol. The molecule has 0 radical (unpaired) electrons. The van der Waals surface area contributed by atoms with Crippen LogP contribution in [0.25, 0.3) is 0 Å². The molecule has 3 heteroatoms. The zero-order chi connectivity index (χ0) is 24.8. The Balaban J connectivity index is 1.70. The first-order valence-electron chi connectivity index (χ1n) is 12.5. The van der Waals surface area contributed by atoms with Crippen molar-refractivity contribution >= 4 is 34.9 Å². The summed E-state index contributed by atoms with van der Waals surface area (Å²) in [5, 5.41) is 0. The Bertz CT molecular complexity index is 1330. The number of nitrogens with zero attached hydrogens (tertiary/aromatic N) is 1. The van der Waals surface area contributed by atoms with Crippen molar-refractivity contribution in [2.45, 2.75) is 52.4 Å². The van der Waals surface area contributed by atoms with Crippen LogP contribution < -0.4 is 20.5 Å². The summed E-state index contributed by atoms with van der Waals surface area (Å²) in [6.45, 7) is 13.4. The van der Waals surface area contributed by atoms with Crippen LogP contribution in [0.5, 0.6) is 5.75 Å². The third kappa shape index (κ3) is 4.48. The SMILES string of the molecule is CC(C)(C)c1ccc(N2c3ccccc3B(Oc3ccccc3)c3cc(C(C)(C)C)ccc32)cc1. The van der Waals surface area contributed by atoms with Gasteiger partial charge >= 0.3 is 6.92 Å². The van der Waals surface area contributed by atoms with Crippen LogP contribution >= 0.6 is 0 Å². The van der Waals surface area contributed by atoms with E-state index in [1.165, 1.54) is 27.7 Å². The number of hydrogen-bond acceptors (Lipinski definition) is 2. The fourth-order valence-electron chi connectivity index (χ4n) is 4.80. The van der Waals surface area contributed by atoms with Crippen LogP contribution in [-0.4, -0.2) is 6.92 Å². The largest absolute Gasteiger partial charge is 0.551 e. The molecule has 4 aromatic rings. The monoisotopic (exact) mass is 459 g/mol. The standard InChI is InChI=1S/C32H34BNO/c1-31(2,3)23-16-19-25(20-17-23)34-29-15-11-10-14-27(29)33(35-26-12-8-7-9-13-26)28-22-24(32(4,5)6)18-21-30(28)34/h7-22H,1-6H3. The van der Waals surface area contributed by atoms with Crippen molar-refractivity contribution < 1.29 is 4.65 Å². The Labute approximate surface area is 210 Å². The highest BCUT2D eigenvalue weighted by Gasteiger charge is 2.38. The molecule has 0 saturated carbocycles. The van der Waals surface area contributed by atoms with E-state index in [9.17, 15) is 0 Å². The van der Waals surface area contributed by atoms with E-state index in [0.29, 0.717) is 0 Å². The summed E-state index contributed by atoms with van der Waals surface area (Å²) >= 11 is 0. The minimum Gasteiger partial charge on any atom is -0.551 e. The quantitative estimate of drug-likeness (QED) is 0.299. The lowest BCUT2D eigenvalue weighted by atomic mass is 9.51. The Morgan fingerprint density at radius 1 is 0.571 bits per heavy atom. The minimum atomic E-state index is -0.184. The van der Waals surface area contributed by atoms with E-state index in [2.05, 4.69) is 113 Å². The molecule has 0 amide bonds. The Kier molecular flexibility index (Phi) is 5.75. The Morgan fingerprint density at radius 2 is 1.14 bits per heavy atom. The van der Waals surface area contributed by atoms with Crippen molar-refractivity contribution in [3.63, 3.8) is 0 Å². The van der Waals surface area contributed by atoms with Crippen LogP contribution in [0.3, 0.4) is 0 Å². The number of rotatable bonds is 3. The zero-order valence-corrected chi connectivity index (χ0v) is 21.7. The highest BCUT2D eigenvalue weighted by Crippen LogP contribution is 2.38. The van der Waals surface area contributed by atoms with Gasteiger partial charge in [0.1, 0.15) is 0 Å². The summed E-state index contributed by atoms with van der Waals surface area (Å²) < 4.78 is 6.70. The maximum atomic E-state index is 6.70. The first kappa shape index (κ1) is 23.3. The molecular formula is C32H34BNO. The average Bonchev–Trinajstić information content (AvgIpc) is 2.83. The molecule has 0 aromatic heterocycles. The topological polar surface area (TPSA) is 12.5 Å². The van der Waals surface area contributed by atoms with Crippen LogP contribution in [0.15, 0.2) is 97.1 Å². The third-order valence-electron chi connectivity index (χ3n) is 6.87. The maximum absolute atomic E-state index is 6.70. The molecule has 0 atom stereocenters. The third-order valence-corrected chi connectivity index (χ3v) is 6.87. The molecule has 35 heavy (non-hydrogen) atoms. The number of fused-ring (bicyclic) bond motifs is 2. The van der Waals surface area contributed by atoms with E-state index in [4.69, 9.17) is 4.65 Å². The minimum absolute atomic E-state index is 0.0441. The van der Waals surface area contributed by atoms with E-state index < -0.39 is 0 Å². The fraction of sp³-hybridized carbons (Fsp3) is 0.250. The lowest BCUT2D eigenvalue weighted by molar-refractivity contribution is 0.586. The molecule has 0 saturated heterocycles. The normalized spacial score (nSPS) is 13.3. The van der Waals surface area contributed by atoms with Gasteiger partial charge in [0.15, 0.2) is 0 Å². The smallest absolute Gasteiger partial charge is 0.430 e. The van der Waals surface area contributed by atoms with Crippen LogP contribution in [0, 0.1) is 0 Å². The lowest BCUT2D eigenvalue weighted by Crippen LogP contribution is -2.54. The molecule has 4 aromatic carbocycles. The van der Waals surface area contributed by atoms with E-state index in [1.807, 2.05) is 30.3 Å². The van der Waals surface area contributed by atoms with Gasteiger partial charge in [-0.05, 0) is 69.3 Å². The molecule has 0 aliphatic carbocycles. The van der Waals surface area contributed by atoms with Crippen molar-refractivity contribution in [3.05, 3.63) is 108 Å². The van der Waals surface area contributed by atoms with Crippen LogP contribution in [0.1, 0.15) is 52.7 Å². The summed E-state index contributed by atoms with van der Waals surface area (Å²) in [7, 11) is 0. The average molecular weight is 459 g/mol. The number of benzene rings is 4. The zero-order valence-electron chi connectivity index (χ0n) is 21.7. The van der Waals surface area contributed by atoms with Crippen molar-refractivity contribution in [3.8, 4) is 5.75 Å². The highest BCUT2D eigenvalue weighted by molar-refractivity contribution is 6.84. The van der Waals surface area contributed by atoms with Gasteiger partial charge < -0.3 is 9.55 Å². The van der Waals surface area contributed by atoms with Gasteiger partial charge in [0, 0.05) is 17.1 Å². The van der Waals surface area contributed by atoms with Gasteiger partial charge in [-0.3, -0.25) is 0 Å². The molecule has 1 aliphatic rings. The fourth-order valence-corrected chi connectivity index (χ4v) is 4.80. The molecule has 0 unspecified atom stereocenters. The lowest BCUT2D eigenvalue weighted by Gasteiger charge is -2.37. The second-order valence-electron chi connectivity index (χ2n) is 11.5. The second kappa shape index (κ2) is 8.64. The molecule has 1 heterocycles. The molecule has 176 valence electrons.